The van der Waals surface area contributed by atoms with E-state index in [1.54, 1.807) is 6.20 Å². The summed E-state index contributed by atoms with van der Waals surface area (Å²) in [5.74, 6) is 0. The van der Waals surface area contributed by atoms with Gasteiger partial charge in [0, 0.05) is 12.0 Å². The molecule has 0 saturated heterocycles. The highest BCUT2D eigenvalue weighted by Crippen LogP contribution is 2.33. The van der Waals surface area contributed by atoms with Crippen molar-refractivity contribution >= 4 is 5.69 Å². The lowest BCUT2D eigenvalue weighted by molar-refractivity contribution is -0.392. The van der Waals surface area contributed by atoms with E-state index in [9.17, 15) is 4.91 Å². The van der Waals surface area contributed by atoms with Gasteiger partial charge < -0.3 is 0 Å². The number of aryl methyl sites for hydroxylation is 1. The van der Waals surface area contributed by atoms with Crippen LogP contribution in [0, 0.1) is 10.3 Å². The van der Waals surface area contributed by atoms with E-state index in [-0.39, 0.29) is 0 Å². The number of nitrogens with one attached hydrogen (secondary N) is 1. The number of hydrogen-bond acceptors (Lipinski definition) is 2. The maximum Gasteiger partial charge on any atom is 0.196 e. The molecule has 74 valence electrons. The van der Waals surface area contributed by atoms with Crippen molar-refractivity contribution in [1.82, 2.24) is 0 Å². The number of rotatable bonds is 1. The molecule has 2 rings (SSSR count). The fourth-order valence-electron chi connectivity index (χ4n) is 2.04. The van der Waals surface area contributed by atoms with Crippen LogP contribution in [0.4, 0.5) is 5.69 Å². The smallest absolute Gasteiger partial charge is 0.196 e. The van der Waals surface area contributed by atoms with Gasteiger partial charge in [0.15, 0.2) is 17.6 Å². The molecule has 3 heteroatoms. The summed E-state index contributed by atoms with van der Waals surface area (Å²) in [5, 5.41) is 2.93. The Morgan fingerprint density at radius 2 is 2.29 bits per heavy atom. The molecule has 0 amide bonds. The Labute approximate surface area is 83.5 Å². The van der Waals surface area contributed by atoms with Gasteiger partial charge in [-0.3, -0.25) is 0 Å². The van der Waals surface area contributed by atoms with Gasteiger partial charge in [0.05, 0.1) is 0 Å². The summed E-state index contributed by atoms with van der Waals surface area (Å²) in [6.45, 7) is 4.55. The summed E-state index contributed by atoms with van der Waals surface area (Å²) in [6, 6.07) is 1.90. The predicted molar refractivity (Wildman–Crippen MR) is 54.3 cm³/mol. The largest absolute Gasteiger partial charge is 0.213 e. The Hall–Kier alpha value is -1.25. The van der Waals surface area contributed by atoms with Crippen LogP contribution in [0.5, 0.6) is 0 Å². The normalized spacial score (nSPS) is 18.7. The van der Waals surface area contributed by atoms with E-state index in [0.717, 1.165) is 12.8 Å². The van der Waals surface area contributed by atoms with Crippen LogP contribution < -0.4 is 4.98 Å². The minimum Gasteiger partial charge on any atom is -0.213 e. The van der Waals surface area contributed by atoms with Gasteiger partial charge in [-0.15, -0.1) is 4.91 Å². The monoisotopic (exact) mass is 191 g/mol. The molecule has 0 unspecified atom stereocenters. The summed E-state index contributed by atoms with van der Waals surface area (Å²) < 4.78 is 0. The summed E-state index contributed by atoms with van der Waals surface area (Å²) in [5.41, 5.74) is 3.39. The van der Waals surface area contributed by atoms with Crippen molar-refractivity contribution in [3.05, 3.63) is 28.4 Å². The van der Waals surface area contributed by atoms with Crippen molar-refractivity contribution in [2.75, 3.05) is 0 Å². The number of pyridine rings is 1. The summed E-state index contributed by atoms with van der Waals surface area (Å²) in [7, 11) is 0. The lowest BCUT2D eigenvalue weighted by Gasteiger charge is -2.27. The Bertz CT molecular complexity index is 372. The number of aromatic amines is 1. The first-order valence-electron chi connectivity index (χ1n) is 4.98. The van der Waals surface area contributed by atoms with Gasteiger partial charge in [-0.2, -0.15) is 0 Å². The van der Waals surface area contributed by atoms with Crippen LogP contribution in [0.1, 0.15) is 31.5 Å². The number of aromatic nitrogens is 1. The average Bonchev–Trinajstić information content (AvgIpc) is 2.16. The first-order chi connectivity index (χ1) is 6.61. The lowest BCUT2D eigenvalue weighted by atomic mass is 9.76. The highest BCUT2D eigenvalue weighted by atomic mass is 16.3. The van der Waals surface area contributed by atoms with Crippen LogP contribution in [0.25, 0.3) is 0 Å². The minimum absolute atomic E-state index is 0.375. The van der Waals surface area contributed by atoms with Gasteiger partial charge in [-0.05, 0) is 29.5 Å². The SMILES string of the molecule is CC1(C)CCc2cc(N=O)c[nH+]c2C1. The molecule has 3 nitrogen and oxygen atoms in total. The van der Waals surface area contributed by atoms with Crippen molar-refractivity contribution in [3.63, 3.8) is 0 Å². The zero-order chi connectivity index (χ0) is 10.2. The van der Waals surface area contributed by atoms with E-state index in [1.807, 2.05) is 6.07 Å². The van der Waals surface area contributed by atoms with Gasteiger partial charge in [-0.1, -0.05) is 13.8 Å². The second-order valence-corrected chi connectivity index (χ2v) is 4.79. The van der Waals surface area contributed by atoms with E-state index in [0.29, 0.717) is 11.1 Å². The number of fused-ring (bicyclic) bond motifs is 1. The molecular weight excluding hydrogens is 176 g/mol. The fraction of sp³-hybridized carbons (Fsp3) is 0.545. The van der Waals surface area contributed by atoms with E-state index >= 15 is 0 Å². The third-order valence-electron chi connectivity index (χ3n) is 2.94. The van der Waals surface area contributed by atoms with E-state index in [2.05, 4.69) is 24.0 Å². The quantitative estimate of drug-likeness (QED) is 0.628. The van der Waals surface area contributed by atoms with Crippen LogP contribution in [0.15, 0.2) is 17.4 Å². The molecular formula is C11H15N2O+. The standard InChI is InChI=1S/C11H14N2O/c1-11(2)4-3-8-5-9(13-14)7-12-10(8)6-11/h5,7H,3-4,6H2,1-2H3/p+1. The second kappa shape index (κ2) is 3.15. The molecule has 1 N–H and O–H groups in total. The third kappa shape index (κ3) is 1.67. The van der Waals surface area contributed by atoms with Crippen LogP contribution >= 0.6 is 0 Å². The number of hydrogen-bond donors (Lipinski definition) is 0. The van der Waals surface area contributed by atoms with E-state index in [1.165, 1.54) is 17.7 Å². The second-order valence-electron chi connectivity index (χ2n) is 4.79. The first kappa shape index (κ1) is 9.31. The molecule has 0 spiro atoms. The highest BCUT2D eigenvalue weighted by molar-refractivity contribution is 5.37. The molecule has 1 aliphatic carbocycles. The lowest BCUT2D eigenvalue weighted by Crippen LogP contribution is -2.28. The van der Waals surface area contributed by atoms with Crippen molar-refractivity contribution in [1.29, 1.82) is 0 Å². The van der Waals surface area contributed by atoms with Gasteiger partial charge in [-0.25, -0.2) is 4.98 Å². The molecule has 0 aliphatic heterocycles. The van der Waals surface area contributed by atoms with Gasteiger partial charge >= 0.3 is 0 Å². The third-order valence-corrected chi connectivity index (χ3v) is 2.94. The summed E-state index contributed by atoms with van der Waals surface area (Å²) in [4.78, 5) is 13.5. The van der Waals surface area contributed by atoms with E-state index in [4.69, 9.17) is 0 Å². The number of H-pyrrole nitrogens is 1. The Balaban J connectivity index is 2.37. The molecule has 0 radical (unpaired) electrons. The highest BCUT2D eigenvalue weighted by Gasteiger charge is 2.29. The van der Waals surface area contributed by atoms with Gasteiger partial charge in [0.1, 0.15) is 0 Å². The number of nitrogens with zero attached hydrogens (tertiary/aromatic N) is 1. The van der Waals surface area contributed by atoms with Crippen molar-refractivity contribution < 1.29 is 4.98 Å². The fourth-order valence-corrected chi connectivity index (χ4v) is 2.04. The maximum atomic E-state index is 10.3. The zero-order valence-electron chi connectivity index (χ0n) is 8.63. The number of nitroso groups, excluding NO2 is 1. The van der Waals surface area contributed by atoms with Crippen LogP contribution in [-0.4, -0.2) is 0 Å². The van der Waals surface area contributed by atoms with Crippen LogP contribution in [0.3, 0.4) is 0 Å². The molecule has 1 heterocycles. The maximum absolute atomic E-state index is 10.3. The van der Waals surface area contributed by atoms with Crippen molar-refractivity contribution in [3.8, 4) is 0 Å². The molecule has 0 fully saturated rings. The minimum atomic E-state index is 0.375. The van der Waals surface area contributed by atoms with Gasteiger partial charge in [0.2, 0.25) is 0 Å². The molecule has 1 aliphatic rings. The summed E-state index contributed by atoms with van der Waals surface area (Å²) >= 11 is 0. The molecule has 0 bridgehead atoms. The topological polar surface area (TPSA) is 43.6 Å². The molecule has 0 saturated carbocycles. The Morgan fingerprint density at radius 3 is 3.00 bits per heavy atom. The van der Waals surface area contributed by atoms with Crippen LogP contribution in [0.2, 0.25) is 0 Å². The Morgan fingerprint density at radius 1 is 1.50 bits per heavy atom. The summed E-state index contributed by atoms with van der Waals surface area (Å²) in [6.07, 6.45) is 4.97. The molecule has 0 atom stereocenters. The molecule has 1 aromatic heterocycles. The molecule has 1 aromatic rings. The first-order valence-corrected chi connectivity index (χ1v) is 4.98. The van der Waals surface area contributed by atoms with Gasteiger partial charge in [0.25, 0.3) is 0 Å². The molecule has 0 aromatic carbocycles. The van der Waals surface area contributed by atoms with Crippen molar-refractivity contribution in [2.24, 2.45) is 10.6 Å². The van der Waals surface area contributed by atoms with Crippen LogP contribution in [-0.2, 0) is 12.8 Å². The molecule has 14 heavy (non-hydrogen) atoms. The van der Waals surface area contributed by atoms with Crippen molar-refractivity contribution in [2.45, 2.75) is 33.1 Å². The average molecular weight is 191 g/mol. The predicted octanol–water partition coefficient (Wildman–Crippen LogP) is 2.41. The Kier molecular flexibility index (Phi) is 2.10. The zero-order valence-corrected chi connectivity index (χ0v) is 8.63. The van der Waals surface area contributed by atoms with E-state index < -0.39 is 0 Å².